The molecule has 1 rings (SSSR count). The quantitative estimate of drug-likeness (QED) is 0.450. The van der Waals surface area contributed by atoms with Gasteiger partial charge in [-0.2, -0.15) is 0 Å². The van der Waals surface area contributed by atoms with Crippen LogP contribution in [0.15, 0.2) is 30.3 Å². The van der Waals surface area contributed by atoms with Crippen molar-refractivity contribution in [1.29, 1.82) is 0 Å². The standard InChI is InChI=1S/C22H34N2O4/c1-4-5-6-7-11-14-19(25)24-20(16(2)3)21(26)23-18(22(27)28)15-17-12-9-8-10-13-17/h8-10,12-13,16,18,20H,4-7,11,14-15H2,1-3H3,(H,23,26)(H,24,25)(H,27,28)/t18-,20-/m0/s1. The van der Waals surface area contributed by atoms with Gasteiger partial charge < -0.3 is 15.7 Å². The molecule has 28 heavy (non-hydrogen) atoms. The van der Waals surface area contributed by atoms with Gasteiger partial charge in [0.05, 0.1) is 0 Å². The number of hydrogen-bond donors (Lipinski definition) is 3. The average molecular weight is 391 g/mol. The van der Waals surface area contributed by atoms with Crippen LogP contribution in [0.2, 0.25) is 0 Å². The number of hydrogen-bond acceptors (Lipinski definition) is 3. The van der Waals surface area contributed by atoms with Crippen molar-refractivity contribution >= 4 is 17.8 Å². The van der Waals surface area contributed by atoms with Crippen LogP contribution in [0.3, 0.4) is 0 Å². The van der Waals surface area contributed by atoms with Crippen LogP contribution in [0.5, 0.6) is 0 Å². The van der Waals surface area contributed by atoms with Gasteiger partial charge in [0.15, 0.2) is 0 Å². The van der Waals surface area contributed by atoms with Crippen molar-refractivity contribution in [2.24, 2.45) is 5.92 Å². The Bertz CT molecular complexity index is 616. The predicted molar refractivity (Wildman–Crippen MR) is 110 cm³/mol. The molecule has 0 unspecified atom stereocenters. The molecule has 0 saturated carbocycles. The van der Waals surface area contributed by atoms with Gasteiger partial charge in [-0.1, -0.05) is 76.8 Å². The number of carbonyl (C=O) groups excluding carboxylic acids is 2. The monoisotopic (exact) mass is 390 g/mol. The van der Waals surface area contributed by atoms with E-state index in [2.05, 4.69) is 17.6 Å². The third-order valence-corrected chi connectivity index (χ3v) is 4.67. The fourth-order valence-electron chi connectivity index (χ4n) is 2.98. The summed E-state index contributed by atoms with van der Waals surface area (Å²) in [5, 5.41) is 14.8. The van der Waals surface area contributed by atoms with Gasteiger partial charge in [0.1, 0.15) is 12.1 Å². The maximum Gasteiger partial charge on any atom is 0.326 e. The lowest BCUT2D eigenvalue weighted by Gasteiger charge is -2.24. The van der Waals surface area contributed by atoms with Crippen LogP contribution in [0.4, 0.5) is 0 Å². The molecule has 0 fully saturated rings. The van der Waals surface area contributed by atoms with E-state index in [1.807, 2.05) is 44.2 Å². The van der Waals surface area contributed by atoms with Crippen molar-refractivity contribution in [3.63, 3.8) is 0 Å². The van der Waals surface area contributed by atoms with Crippen LogP contribution in [-0.2, 0) is 20.8 Å². The fraction of sp³-hybridized carbons (Fsp3) is 0.591. The molecule has 2 atom stereocenters. The Labute approximate surface area is 168 Å². The Morgan fingerprint density at radius 1 is 0.964 bits per heavy atom. The van der Waals surface area contributed by atoms with E-state index in [0.29, 0.717) is 6.42 Å². The molecule has 0 aliphatic heterocycles. The van der Waals surface area contributed by atoms with Gasteiger partial charge in [0.25, 0.3) is 0 Å². The molecule has 1 aromatic carbocycles. The van der Waals surface area contributed by atoms with Crippen LogP contribution >= 0.6 is 0 Å². The minimum absolute atomic E-state index is 0.143. The van der Waals surface area contributed by atoms with Gasteiger partial charge in [-0.25, -0.2) is 4.79 Å². The topological polar surface area (TPSA) is 95.5 Å². The van der Waals surface area contributed by atoms with Crippen LogP contribution in [0.25, 0.3) is 0 Å². The molecule has 2 amide bonds. The summed E-state index contributed by atoms with van der Waals surface area (Å²) in [6.45, 7) is 5.80. The number of carboxylic acid groups (broad SMARTS) is 1. The molecule has 3 N–H and O–H groups in total. The lowest BCUT2D eigenvalue weighted by atomic mass is 10.0. The Kier molecular flexibility index (Phi) is 10.9. The predicted octanol–water partition coefficient (Wildman–Crippen LogP) is 3.30. The van der Waals surface area contributed by atoms with E-state index in [4.69, 9.17) is 0 Å². The number of unbranched alkanes of at least 4 members (excludes halogenated alkanes) is 4. The summed E-state index contributed by atoms with van der Waals surface area (Å²) in [4.78, 5) is 36.4. The number of nitrogens with one attached hydrogen (secondary N) is 2. The number of carbonyl (C=O) groups is 3. The second-order valence-corrected chi connectivity index (χ2v) is 7.54. The highest BCUT2D eigenvalue weighted by Gasteiger charge is 2.28. The third-order valence-electron chi connectivity index (χ3n) is 4.67. The molecule has 0 spiro atoms. The van der Waals surface area contributed by atoms with E-state index in [1.54, 1.807) is 0 Å². The van der Waals surface area contributed by atoms with Gasteiger partial charge in [-0.15, -0.1) is 0 Å². The van der Waals surface area contributed by atoms with E-state index in [1.165, 1.54) is 0 Å². The molecule has 0 aromatic heterocycles. The summed E-state index contributed by atoms with van der Waals surface area (Å²) < 4.78 is 0. The van der Waals surface area contributed by atoms with Crippen molar-refractivity contribution < 1.29 is 19.5 Å². The fourth-order valence-corrected chi connectivity index (χ4v) is 2.98. The smallest absolute Gasteiger partial charge is 0.326 e. The highest BCUT2D eigenvalue weighted by molar-refractivity contribution is 5.90. The zero-order valence-electron chi connectivity index (χ0n) is 17.2. The first-order valence-corrected chi connectivity index (χ1v) is 10.2. The number of rotatable bonds is 13. The Hall–Kier alpha value is -2.37. The van der Waals surface area contributed by atoms with E-state index >= 15 is 0 Å². The highest BCUT2D eigenvalue weighted by atomic mass is 16.4. The van der Waals surface area contributed by atoms with Gasteiger partial charge in [-0.05, 0) is 17.9 Å². The maximum absolute atomic E-state index is 12.7. The largest absolute Gasteiger partial charge is 0.480 e. The molecule has 0 aliphatic carbocycles. The van der Waals surface area contributed by atoms with Gasteiger partial charge in [0, 0.05) is 12.8 Å². The molecule has 0 heterocycles. The SMILES string of the molecule is CCCCCCCC(=O)N[C@H](C(=O)N[C@@H](Cc1ccccc1)C(=O)O)C(C)C. The van der Waals surface area contributed by atoms with Gasteiger partial charge in [0.2, 0.25) is 11.8 Å². The number of carboxylic acids is 1. The van der Waals surface area contributed by atoms with Crippen LogP contribution in [-0.4, -0.2) is 35.0 Å². The van der Waals surface area contributed by atoms with Crippen molar-refractivity contribution in [2.75, 3.05) is 0 Å². The summed E-state index contributed by atoms with van der Waals surface area (Å²) in [7, 11) is 0. The molecular weight excluding hydrogens is 356 g/mol. The van der Waals surface area contributed by atoms with Crippen molar-refractivity contribution in [3.05, 3.63) is 35.9 Å². The molecule has 0 saturated heterocycles. The summed E-state index contributed by atoms with van der Waals surface area (Å²) in [5.74, 6) is -1.87. The second kappa shape index (κ2) is 12.9. The van der Waals surface area contributed by atoms with Crippen molar-refractivity contribution in [1.82, 2.24) is 10.6 Å². The van der Waals surface area contributed by atoms with Gasteiger partial charge in [-0.3, -0.25) is 9.59 Å². The van der Waals surface area contributed by atoms with Gasteiger partial charge >= 0.3 is 5.97 Å². The van der Waals surface area contributed by atoms with Crippen molar-refractivity contribution in [2.45, 2.75) is 77.8 Å². The van der Waals surface area contributed by atoms with E-state index in [9.17, 15) is 19.5 Å². The summed E-state index contributed by atoms with van der Waals surface area (Å²) in [6, 6.07) is 7.36. The Morgan fingerprint density at radius 2 is 1.61 bits per heavy atom. The third kappa shape index (κ3) is 9.02. The number of amides is 2. The second-order valence-electron chi connectivity index (χ2n) is 7.54. The van der Waals surface area contributed by atoms with Crippen molar-refractivity contribution in [3.8, 4) is 0 Å². The minimum atomic E-state index is -1.10. The molecule has 0 bridgehead atoms. The molecule has 6 heteroatoms. The Balaban J connectivity index is 2.61. The van der Waals surface area contributed by atoms with E-state index in [0.717, 1.165) is 37.7 Å². The number of aliphatic carboxylic acids is 1. The maximum atomic E-state index is 12.7. The normalized spacial score (nSPS) is 13.0. The highest BCUT2D eigenvalue weighted by Crippen LogP contribution is 2.09. The summed E-state index contributed by atoms with van der Waals surface area (Å²) in [6.07, 6.45) is 5.79. The minimum Gasteiger partial charge on any atom is -0.480 e. The lowest BCUT2D eigenvalue weighted by Crippen LogP contribution is -2.54. The first-order chi connectivity index (χ1) is 13.3. The molecule has 6 nitrogen and oxygen atoms in total. The van der Waals surface area contributed by atoms with Crippen LogP contribution < -0.4 is 10.6 Å². The first-order valence-electron chi connectivity index (χ1n) is 10.2. The van der Waals surface area contributed by atoms with E-state index < -0.39 is 24.0 Å². The molecular formula is C22H34N2O4. The molecule has 156 valence electrons. The molecule has 0 radical (unpaired) electrons. The lowest BCUT2D eigenvalue weighted by molar-refractivity contribution is -0.142. The zero-order chi connectivity index (χ0) is 20.9. The molecule has 1 aromatic rings. The Morgan fingerprint density at radius 3 is 2.18 bits per heavy atom. The van der Waals surface area contributed by atoms with Crippen LogP contribution in [0, 0.1) is 5.92 Å². The number of benzene rings is 1. The zero-order valence-corrected chi connectivity index (χ0v) is 17.2. The van der Waals surface area contributed by atoms with E-state index in [-0.39, 0.29) is 18.2 Å². The average Bonchev–Trinajstić information content (AvgIpc) is 2.65. The molecule has 0 aliphatic rings. The summed E-state index contributed by atoms with van der Waals surface area (Å²) >= 11 is 0. The summed E-state index contributed by atoms with van der Waals surface area (Å²) in [5.41, 5.74) is 0.826. The first kappa shape index (κ1) is 23.7. The van der Waals surface area contributed by atoms with Crippen LogP contribution in [0.1, 0.15) is 64.9 Å².